The average molecular weight is 318 g/mol. The van der Waals surface area contributed by atoms with E-state index in [1.54, 1.807) is 5.51 Å². The maximum atomic E-state index is 12.0. The highest BCUT2D eigenvalue weighted by Crippen LogP contribution is 2.19. The molecule has 1 aliphatic rings. The molecule has 1 amide bonds. The van der Waals surface area contributed by atoms with Crippen LogP contribution in [0.2, 0.25) is 0 Å². The van der Waals surface area contributed by atoms with Crippen molar-refractivity contribution in [1.82, 2.24) is 25.1 Å². The van der Waals surface area contributed by atoms with E-state index in [4.69, 9.17) is 0 Å². The van der Waals surface area contributed by atoms with Gasteiger partial charge >= 0.3 is 0 Å². The van der Waals surface area contributed by atoms with Crippen molar-refractivity contribution in [3.05, 3.63) is 28.8 Å². The second kappa shape index (κ2) is 6.45. The molecule has 3 heterocycles. The summed E-state index contributed by atoms with van der Waals surface area (Å²) in [6.45, 7) is 6.01. The number of carbonyl (C=O) groups is 1. The minimum absolute atomic E-state index is 0.0710. The van der Waals surface area contributed by atoms with Gasteiger partial charge in [0.15, 0.2) is 0 Å². The fourth-order valence-corrected chi connectivity index (χ4v) is 2.84. The lowest BCUT2D eigenvalue weighted by atomic mass is 10.1. The third kappa shape index (κ3) is 3.45. The molecule has 7 nitrogen and oxygen atoms in total. The van der Waals surface area contributed by atoms with E-state index in [9.17, 15) is 4.79 Å². The van der Waals surface area contributed by atoms with E-state index in [1.165, 1.54) is 16.9 Å². The van der Waals surface area contributed by atoms with Crippen LogP contribution in [0.5, 0.6) is 0 Å². The van der Waals surface area contributed by atoms with E-state index in [1.807, 2.05) is 6.20 Å². The normalized spacial score (nSPS) is 14.9. The molecule has 0 atom stereocenters. The first-order valence-electron chi connectivity index (χ1n) is 7.25. The Bertz CT molecular complexity index is 657. The standard InChI is InChI=1S/C14H18N6OS/c1-9(2)13-15-5-10-3-4-20(6-11(10)17-13)7-12(21)18-14-19-16-8-22-14/h5,8-9H,3-4,6-7H2,1-2H3,(H,18,19,21). The number of anilines is 1. The first kappa shape index (κ1) is 15.0. The zero-order valence-electron chi connectivity index (χ0n) is 12.6. The molecule has 8 heteroatoms. The van der Waals surface area contributed by atoms with E-state index >= 15 is 0 Å². The zero-order chi connectivity index (χ0) is 15.5. The van der Waals surface area contributed by atoms with Crippen molar-refractivity contribution in [2.45, 2.75) is 32.7 Å². The van der Waals surface area contributed by atoms with Gasteiger partial charge in [-0.05, 0) is 12.0 Å². The second-order valence-electron chi connectivity index (χ2n) is 5.61. The fourth-order valence-electron chi connectivity index (χ4n) is 2.38. The van der Waals surface area contributed by atoms with Gasteiger partial charge in [-0.2, -0.15) is 0 Å². The van der Waals surface area contributed by atoms with Crippen LogP contribution < -0.4 is 5.32 Å². The molecule has 0 fully saturated rings. The Balaban J connectivity index is 1.63. The van der Waals surface area contributed by atoms with Crippen LogP contribution in [0.15, 0.2) is 11.7 Å². The molecule has 0 radical (unpaired) electrons. The summed E-state index contributed by atoms with van der Waals surface area (Å²) in [5.74, 6) is 1.10. The number of aromatic nitrogens is 4. The van der Waals surface area contributed by atoms with Gasteiger partial charge in [0, 0.05) is 25.2 Å². The smallest absolute Gasteiger partial charge is 0.240 e. The SMILES string of the molecule is CC(C)c1ncc2c(n1)CN(CC(=O)Nc1nncs1)CC2. The zero-order valence-corrected chi connectivity index (χ0v) is 13.4. The maximum absolute atomic E-state index is 12.0. The summed E-state index contributed by atoms with van der Waals surface area (Å²) in [5, 5.41) is 10.8. The van der Waals surface area contributed by atoms with Crippen molar-refractivity contribution in [2.75, 3.05) is 18.4 Å². The van der Waals surface area contributed by atoms with E-state index in [2.05, 4.69) is 44.2 Å². The number of nitrogens with zero attached hydrogens (tertiary/aromatic N) is 5. The molecular formula is C14H18N6OS. The minimum atomic E-state index is -0.0710. The Morgan fingerprint density at radius 3 is 3.09 bits per heavy atom. The minimum Gasteiger partial charge on any atom is -0.299 e. The number of rotatable bonds is 4. The number of nitrogens with one attached hydrogen (secondary N) is 1. The maximum Gasteiger partial charge on any atom is 0.240 e. The van der Waals surface area contributed by atoms with Crippen molar-refractivity contribution in [1.29, 1.82) is 0 Å². The molecule has 3 rings (SSSR count). The molecule has 0 unspecified atom stereocenters. The Labute approximate surface area is 132 Å². The van der Waals surface area contributed by atoms with E-state index in [0.717, 1.165) is 24.5 Å². The van der Waals surface area contributed by atoms with Crippen molar-refractivity contribution in [3.8, 4) is 0 Å². The molecule has 22 heavy (non-hydrogen) atoms. The largest absolute Gasteiger partial charge is 0.299 e. The molecule has 0 aliphatic carbocycles. The predicted octanol–water partition coefficient (Wildman–Crippen LogP) is 1.45. The first-order valence-corrected chi connectivity index (χ1v) is 8.13. The number of fused-ring (bicyclic) bond motifs is 1. The molecule has 0 aromatic carbocycles. The van der Waals surface area contributed by atoms with Gasteiger partial charge < -0.3 is 0 Å². The summed E-state index contributed by atoms with van der Waals surface area (Å²) in [7, 11) is 0. The highest BCUT2D eigenvalue weighted by atomic mass is 32.1. The molecule has 2 aromatic rings. The van der Waals surface area contributed by atoms with Crippen molar-refractivity contribution in [3.63, 3.8) is 0 Å². The van der Waals surface area contributed by atoms with Crippen LogP contribution in [-0.2, 0) is 17.8 Å². The predicted molar refractivity (Wildman–Crippen MR) is 83.6 cm³/mol. The van der Waals surface area contributed by atoms with Gasteiger partial charge in [-0.1, -0.05) is 25.2 Å². The summed E-state index contributed by atoms with van der Waals surface area (Å²) >= 11 is 1.31. The van der Waals surface area contributed by atoms with E-state index in [0.29, 0.717) is 24.1 Å². The monoisotopic (exact) mass is 318 g/mol. The summed E-state index contributed by atoms with van der Waals surface area (Å²) < 4.78 is 0. The molecular weight excluding hydrogens is 300 g/mol. The van der Waals surface area contributed by atoms with Gasteiger partial charge in [0.05, 0.1) is 12.2 Å². The van der Waals surface area contributed by atoms with Gasteiger partial charge in [-0.15, -0.1) is 10.2 Å². The Morgan fingerprint density at radius 1 is 1.50 bits per heavy atom. The Morgan fingerprint density at radius 2 is 2.36 bits per heavy atom. The number of carbonyl (C=O) groups excluding carboxylic acids is 1. The topological polar surface area (TPSA) is 83.9 Å². The van der Waals surface area contributed by atoms with Gasteiger partial charge in [0.25, 0.3) is 0 Å². The molecule has 1 N–H and O–H groups in total. The number of hydrogen-bond acceptors (Lipinski definition) is 7. The van der Waals surface area contributed by atoms with Gasteiger partial charge in [-0.3, -0.25) is 15.0 Å². The van der Waals surface area contributed by atoms with Crippen LogP contribution in [0.25, 0.3) is 0 Å². The van der Waals surface area contributed by atoms with E-state index < -0.39 is 0 Å². The van der Waals surface area contributed by atoms with Crippen LogP contribution in [-0.4, -0.2) is 44.1 Å². The molecule has 116 valence electrons. The fraction of sp³-hybridized carbons (Fsp3) is 0.500. The third-order valence-electron chi connectivity index (χ3n) is 3.53. The average Bonchev–Trinajstić information content (AvgIpc) is 2.99. The molecule has 2 aromatic heterocycles. The van der Waals surface area contributed by atoms with Crippen molar-refractivity contribution >= 4 is 22.4 Å². The lowest BCUT2D eigenvalue weighted by Crippen LogP contribution is -2.37. The molecule has 1 aliphatic heterocycles. The van der Waals surface area contributed by atoms with Crippen LogP contribution in [0.4, 0.5) is 5.13 Å². The van der Waals surface area contributed by atoms with Crippen LogP contribution in [0.3, 0.4) is 0 Å². The van der Waals surface area contributed by atoms with Gasteiger partial charge in [-0.25, -0.2) is 9.97 Å². The number of hydrogen-bond donors (Lipinski definition) is 1. The second-order valence-corrected chi connectivity index (χ2v) is 6.44. The first-order chi connectivity index (χ1) is 10.6. The Hall–Kier alpha value is -1.93. The van der Waals surface area contributed by atoms with E-state index in [-0.39, 0.29) is 5.91 Å². The molecule has 0 saturated heterocycles. The van der Waals surface area contributed by atoms with Crippen LogP contribution >= 0.6 is 11.3 Å². The summed E-state index contributed by atoms with van der Waals surface area (Å²) in [5.41, 5.74) is 3.82. The molecule has 0 saturated carbocycles. The highest BCUT2D eigenvalue weighted by molar-refractivity contribution is 7.13. The molecule has 0 bridgehead atoms. The summed E-state index contributed by atoms with van der Waals surface area (Å²) in [6.07, 6.45) is 2.80. The van der Waals surface area contributed by atoms with Crippen LogP contribution in [0, 0.1) is 0 Å². The lowest BCUT2D eigenvalue weighted by molar-refractivity contribution is -0.117. The lowest BCUT2D eigenvalue weighted by Gasteiger charge is -2.27. The van der Waals surface area contributed by atoms with Gasteiger partial charge in [0.1, 0.15) is 11.3 Å². The quantitative estimate of drug-likeness (QED) is 0.918. The molecule has 0 spiro atoms. The summed E-state index contributed by atoms with van der Waals surface area (Å²) in [6, 6.07) is 0. The Kier molecular flexibility index (Phi) is 4.39. The number of amides is 1. The highest BCUT2D eigenvalue weighted by Gasteiger charge is 2.21. The summed E-state index contributed by atoms with van der Waals surface area (Å²) in [4.78, 5) is 23.2. The van der Waals surface area contributed by atoms with Gasteiger partial charge in [0.2, 0.25) is 11.0 Å². The van der Waals surface area contributed by atoms with Crippen molar-refractivity contribution < 1.29 is 4.79 Å². The van der Waals surface area contributed by atoms with Crippen molar-refractivity contribution in [2.24, 2.45) is 0 Å². The third-order valence-corrected chi connectivity index (χ3v) is 4.14. The van der Waals surface area contributed by atoms with Crippen LogP contribution in [0.1, 0.15) is 36.8 Å².